The molecule has 0 amide bonds. The van der Waals surface area contributed by atoms with Crippen molar-refractivity contribution in [2.24, 2.45) is 5.92 Å². The summed E-state index contributed by atoms with van der Waals surface area (Å²) in [6.07, 6.45) is 2.75. The Bertz CT molecular complexity index is 295. The summed E-state index contributed by atoms with van der Waals surface area (Å²) in [5.74, 6) is 2.12. The van der Waals surface area contributed by atoms with E-state index in [0.29, 0.717) is 5.46 Å². The molecular weight excluding hydrogens is 195 g/mol. The van der Waals surface area contributed by atoms with Crippen LogP contribution in [0.2, 0.25) is 0 Å². The lowest BCUT2D eigenvalue weighted by molar-refractivity contribution is 0.426. The quantitative estimate of drug-likeness (QED) is 0.569. The van der Waals surface area contributed by atoms with E-state index >= 15 is 0 Å². The Kier molecular flexibility index (Phi) is 3.16. The summed E-state index contributed by atoms with van der Waals surface area (Å²) in [6, 6.07) is 7.42. The van der Waals surface area contributed by atoms with Gasteiger partial charge in [0.1, 0.15) is 0 Å². The van der Waals surface area contributed by atoms with E-state index in [4.69, 9.17) is 10.0 Å². The number of rotatable bonds is 4. The van der Waals surface area contributed by atoms with Crippen LogP contribution in [0.3, 0.4) is 0 Å². The van der Waals surface area contributed by atoms with Gasteiger partial charge >= 0.3 is 7.12 Å². The molecule has 0 radical (unpaired) electrons. The van der Waals surface area contributed by atoms with Gasteiger partial charge in [0.05, 0.1) is 0 Å². The Morgan fingerprint density at radius 2 is 1.86 bits per heavy atom. The van der Waals surface area contributed by atoms with Gasteiger partial charge in [-0.2, -0.15) is 0 Å². The third-order valence-electron chi connectivity index (χ3n) is 2.36. The van der Waals surface area contributed by atoms with Gasteiger partial charge < -0.3 is 10.0 Å². The Labute approximate surface area is 88.5 Å². The standard InChI is InChI=1S/C10H13BO2S/c12-11(13)9-3-5-10(6-4-9)14-7-8-1-2-8/h3-6,8,12-13H,1-2,7H2. The van der Waals surface area contributed by atoms with Gasteiger partial charge in [-0.05, 0) is 36.4 Å². The molecule has 1 fully saturated rings. The van der Waals surface area contributed by atoms with Gasteiger partial charge in [-0.25, -0.2) is 0 Å². The van der Waals surface area contributed by atoms with Crippen molar-refractivity contribution in [3.8, 4) is 0 Å². The van der Waals surface area contributed by atoms with E-state index in [2.05, 4.69) is 0 Å². The minimum Gasteiger partial charge on any atom is -0.423 e. The highest BCUT2D eigenvalue weighted by molar-refractivity contribution is 7.99. The molecule has 2 N–H and O–H groups in total. The first-order valence-corrected chi connectivity index (χ1v) is 5.83. The van der Waals surface area contributed by atoms with E-state index in [1.807, 2.05) is 23.9 Å². The van der Waals surface area contributed by atoms with Gasteiger partial charge in [0.15, 0.2) is 0 Å². The summed E-state index contributed by atoms with van der Waals surface area (Å²) in [5.41, 5.74) is 0.556. The smallest absolute Gasteiger partial charge is 0.423 e. The highest BCUT2D eigenvalue weighted by atomic mass is 32.2. The van der Waals surface area contributed by atoms with Crippen LogP contribution in [0.4, 0.5) is 0 Å². The SMILES string of the molecule is OB(O)c1ccc(SCC2CC2)cc1. The molecule has 14 heavy (non-hydrogen) atoms. The predicted molar refractivity (Wildman–Crippen MR) is 59.7 cm³/mol. The molecule has 2 nitrogen and oxygen atoms in total. The molecule has 1 aromatic carbocycles. The van der Waals surface area contributed by atoms with E-state index in [9.17, 15) is 0 Å². The molecule has 2 rings (SSSR count). The number of hydrogen-bond donors (Lipinski definition) is 2. The minimum absolute atomic E-state index is 0.556. The molecular formula is C10H13BO2S. The van der Waals surface area contributed by atoms with Crippen molar-refractivity contribution in [3.05, 3.63) is 24.3 Å². The molecule has 0 aliphatic heterocycles. The normalized spacial score (nSPS) is 15.6. The maximum atomic E-state index is 8.89. The second-order valence-corrected chi connectivity index (χ2v) is 4.79. The molecule has 0 saturated heterocycles. The maximum absolute atomic E-state index is 8.89. The molecule has 1 saturated carbocycles. The van der Waals surface area contributed by atoms with Crippen LogP contribution in [0.5, 0.6) is 0 Å². The Balaban J connectivity index is 1.91. The molecule has 0 heterocycles. The lowest BCUT2D eigenvalue weighted by Crippen LogP contribution is -2.29. The molecule has 1 aromatic rings. The Hall–Kier alpha value is -0.445. The average molecular weight is 208 g/mol. The topological polar surface area (TPSA) is 40.5 Å². The van der Waals surface area contributed by atoms with Crippen LogP contribution < -0.4 is 5.46 Å². The number of thioether (sulfide) groups is 1. The summed E-state index contributed by atoms with van der Waals surface area (Å²) in [6.45, 7) is 0. The van der Waals surface area contributed by atoms with Crippen molar-refractivity contribution in [1.82, 2.24) is 0 Å². The molecule has 0 aromatic heterocycles. The third kappa shape index (κ3) is 2.77. The monoisotopic (exact) mass is 208 g/mol. The fourth-order valence-corrected chi connectivity index (χ4v) is 2.32. The average Bonchev–Trinajstić information content (AvgIpc) is 2.99. The van der Waals surface area contributed by atoms with Gasteiger partial charge in [-0.1, -0.05) is 12.1 Å². The predicted octanol–water partition coefficient (Wildman–Crippen LogP) is 0.868. The third-order valence-corrected chi connectivity index (χ3v) is 3.60. The zero-order chi connectivity index (χ0) is 9.97. The van der Waals surface area contributed by atoms with Gasteiger partial charge in [0.2, 0.25) is 0 Å². The van der Waals surface area contributed by atoms with Crippen LogP contribution >= 0.6 is 11.8 Å². The summed E-state index contributed by atoms with van der Waals surface area (Å²) < 4.78 is 0. The Morgan fingerprint density at radius 1 is 1.21 bits per heavy atom. The highest BCUT2D eigenvalue weighted by Gasteiger charge is 2.21. The van der Waals surface area contributed by atoms with E-state index < -0.39 is 7.12 Å². The molecule has 0 spiro atoms. The van der Waals surface area contributed by atoms with Crippen molar-refractivity contribution >= 4 is 24.3 Å². The second-order valence-electron chi connectivity index (χ2n) is 3.70. The molecule has 1 aliphatic rings. The molecule has 0 bridgehead atoms. The zero-order valence-electron chi connectivity index (χ0n) is 7.89. The van der Waals surface area contributed by atoms with Gasteiger partial charge in [-0.15, -0.1) is 11.8 Å². The maximum Gasteiger partial charge on any atom is 0.488 e. The van der Waals surface area contributed by atoms with E-state index in [1.54, 1.807) is 12.1 Å². The first kappa shape index (κ1) is 10.1. The Morgan fingerprint density at radius 3 is 2.36 bits per heavy atom. The van der Waals surface area contributed by atoms with Crippen molar-refractivity contribution in [3.63, 3.8) is 0 Å². The number of benzene rings is 1. The van der Waals surface area contributed by atoms with E-state index in [1.165, 1.54) is 23.5 Å². The lowest BCUT2D eigenvalue weighted by Gasteiger charge is -2.02. The van der Waals surface area contributed by atoms with Gasteiger partial charge in [0, 0.05) is 10.6 Å². The summed E-state index contributed by atoms with van der Waals surface area (Å²) >= 11 is 1.85. The molecule has 0 atom stereocenters. The first-order chi connectivity index (χ1) is 6.75. The van der Waals surface area contributed by atoms with Crippen LogP contribution in [0.25, 0.3) is 0 Å². The van der Waals surface area contributed by atoms with Crippen LogP contribution in [0, 0.1) is 5.92 Å². The molecule has 1 aliphatic carbocycles. The van der Waals surface area contributed by atoms with Crippen molar-refractivity contribution < 1.29 is 10.0 Å². The summed E-state index contributed by atoms with van der Waals surface area (Å²) in [7, 11) is -1.35. The molecule has 0 unspecified atom stereocenters. The number of hydrogen-bond acceptors (Lipinski definition) is 3. The fourth-order valence-electron chi connectivity index (χ4n) is 1.23. The van der Waals surface area contributed by atoms with Crippen molar-refractivity contribution in [2.45, 2.75) is 17.7 Å². The fraction of sp³-hybridized carbons (Fsp3) is 0.400. The second kappa shape index (κ2) is 4.38. The molecule has 74 valence electrons. The van der Waals surface area contributed by atoms with Crippen molar-refractivity contribution in [1.29, 1.82) is 0 Å². The van der Waals surface area contributed by atoms with Crippen LogP contribution in [-0.4, -0.2) is 22.9 Å². The van der Waals surface area contributed by atoms with Crippen LogP contribution in [0.1, 0.15) is 12.8 Å². The van der Waals surface area contributed by atoms with Gasteiger partial charge in [0.25, 0.3) is 0 Å². The summed E-state index contributed by atoms with van der Waals surface area (Å²) in [4.78, 5) is 1.21. The van der Waals surface area contributed by atoms with E-state index in [-0.39, 0.29) is 0 Å². The molecule has 4 heteroatoms. The van der Waals surface area contributed by atoms with E-state index in [0.717, 1.165) is 5.92 Å². The van der Waals surface area contributed by atoms with Crippen LogP contribution in [0.15, 0.2) is 29.2 Å². The largest absolute Gasteiger partial charge is 0.488 e. The first-order valence-electron chi connectivity index (χ1n) is 4.84. The zero-order valence-corrected chi connectivity index (χ0v) is 8.70. The summed E-state index contributed by atoms with van der Waals surface area (Å²) in [5, 5.41) is 17.8. The minimum atomic E-state index is -1.35. The van der Waals surface area contributed by atoms with Crippen molar-refractivity contribution in [2.75, 3.05) is 5.75 Å². The van der Waals surface area contributed by atoms with Crippen LogP contribution in [-0.2, 0) is 0 Å². The van der Waals surface area contributed by atoms with Gasteiger partial charge in [-0.3, -0.25) is 0 Å². The lowest BCUT2D eigenvalue weighted by atomic mass is 9.81. The highest BCUT2D eigenvalue weighted by Crippen LogP contribution is 2.34.